The summed E-state index contributed by atoms with van der Waals surface area (Å²) in [4.78, 5) is 12.2. The molecule has 1 heterocycles. The van der Waals surface area contributed by atoms with Crippen LogP contribution in [0.15, 0.2) is 23.1 Å². The Morgan fingerprint density at radius 3 is 2.62 bits per heavy atom. The molecule has 1 aromatic carbocycles. The molecule has 0 radical (unpaired) electrons. The van der Waals surface area contributed by atoms with Gasteiger partial charge in [-0.15, -0.1) is 0 Å². The maximum absolute atomic E-state index is 12.7. The number of carbonyl (C=O) groups excluding carboxylic acids is 1. The van der Waals surface area contributed by atoms with Crippen LogP contribution in [0.3, 0.4) is 0 Å². The molecule has 26 heavy (non-hydrogen) atoms. The molecule has 1 aromatic rings. The Kier molecular flexibility index (Phi) is 7.86. The molecule has 7 nitrogen and oxygen atoms in total. The quantitative estimate of drug-likeness (QED) is 0.619. The van der Waals surface area contributed by atoms with Crippen LogP contribution in [0.1, 0.15) is 31.2 Å². The van der Waals surface area contributed by atoms with Crippen molar-refractivity contribution < 1.29 is 22.7 Å². The predicted octanol–water partition coefficient (Wildman–Crippen LogP) is 1.56. The molecule has 0 aliphatic carbocycles. The van der Waals surface area contributed by atoms with Gasteiger partial charge in [-0.2, -0.15) is 4.31 Å². The minimum absolute atomic E-state index is 0.0732. The number of ether oxygens (including phenoxy) is 2. The van der Waals surface area contributed by atoms with Gasteiger partial charge in [0.2, 0.25) is 15.9 Å². The van der Waals surface area contributed by atoms with Gasteiger partial charge in [0.1, 0.15) is 5.75 Å². The van der Waals surface area contributed by atoms with E-state index >= 15 is 0 Å². The first-order valence-electron chi connectivity index (χ1n) is 8.91. The minimum Gasteiger partial charge on any atom is -0.496 e. The zero-order valence-corrected chi connectivity index (χ0v) is 16.3. The third-order valence-corrected chi connectivity index (χ3v) is 6.32. The lowest BCUT2D eigenvalue weighted by Gasteiger charge is -2.17. The van der Waals surface area contributed by atoms with Crippen LogP contribution < -0.4 is 10.1 Å². The normalized spacial score (nSPS) is 15.2. The number of nitrogens with zero attached hydrogens (tertiary/aromatic N) is 1. The van der Waals surface area contributed by atoms with Crippen molar-refractivity contribution in [2.24, 2.45) is 0 Å². The Morgan fingerprint density at radius 1 is 1.23 bits per heavy atom. The van der Waals surface area contributed by atoms with Crippen LogP contribution in [0.2, 0.25) is 0 Å². The van der Waals surface area contributed by atoms with Gasteiger partial charge in [-0.3, -0.25) is 4.79 Å². The first kappa shape index (κ1) is 20.7. The van der Waals surface area contributed by atoms with Crippen LogP contribution >= 0.6 is 0 Å². The molecule has 1 aliphatic heterocycles. The molecule has 1 amide bonds. The van der Waals surface area contributed by atoms with Gasteiger partial charge >= 0.3 is 0 Å². The first-order chi connectivity index (χ1) is 12.5. The molecule has 1 fully saturated rings. The lowest BCUT2D eigenvalue weighted by molar-refractivity contribution is -0.121. The fourth-order valence-corrected chi connectivity index (χ4v) is 4.54. The zero-order valence-electron chi connectivity index (χ0n) is 15.5. The van der Waals surface area contributed by atoms with Gasteiger partial charge in [0.05, 0.1) is 12.0 Å². The molecule has 0 bridgehead atoms. The number of aryl methyl sites for hydroxylation is 1. The highest BCUT2D eigenvalue weighted by Crippen LogP contribution is 2.27. The van der Waals surface area contributed by atoms with Gasteiger partial charge in [-0.25, -0.2) is 8.42 Å². The molecule has 0 spiro atoms. The Labute approximate surface area is 155 Å². The summed E-state index contributed by atoms with van der Waals surface area (Å²) in [5.74, 6) is 0.522. The van der Waals surface area contributed by atoms with Crippen molar-refractivity contribution >= 4 is 15.9 Å². The molecule has 1 aliphatic rings. The standard InChI is InChI=1S/C18H28N2O5S/c1-24-13-5-10-19-18(21)9-6-15-14-16(7-8-17(15)25-2)26(22,23)20-11-3-4-12-20/h7-8,14H,3-6,9-13H2,1-2H3,(H,19,21). The second kappa shape index (κ2) is 9.89. The summed E-state index contributed by atoms with van der Waals surface area (Å²) in [5.41, 5.74) is 0.722. The van der Waals surface area contributed by atoms with Crippen molar-refractivity contribution in [1.29, 1.82) is 0 Å². The largest absolute Gasteiger partial charge is 0.496 e. The average Bonchev–Trinajstić information content (AvgIpc) is 3.19. The summed E-state index contributed by atoms with van der Waals surface area (Å²) in [6.07, 6.45) is 3.24. The van der Waals surface area contributed by atoms with Gasteiger partial charge in [0.25, 0.3) is 0 Å². The van der Waals surface area contributed by atoms with Crippen LogP contribution in [-0.4, -0.2) is 59.1 Å². The van der Waals surface area contributed by atoms with Crippen molar-refractivity contribution in [1.82, 2.24) is 9.62 Å². The first-order valence-corrected chi connectivity index (χ1v) is 10.4. The lowest BCUT2D eigenvalue weighted by Crippen LogP contribution is -2.28. The summed E-state index contributed by atoms with van der Waals surface area (Å²) in [6, 6.07) is 4.86. The van der Waals surface area contributed by atoms with Crippen LogP contribution in [0.5, 0.6) is 5.75 Å². The molecule has 8 heteroatoms. The van der Waals surface area contributed by atoms with Crippen molar-refractivity contribution in [2.45, 2.75) is 37.0 Å². The molecule has 0 atom stereocenters. The second-order valence-corrected chi connectivity index (χ2v) is 8.22. The summed E-state index contributed by atoms with van der Waals surface area (Å²) < 4.78 is 37.2. The Morgan fingerprint density at radius 2 is 1.96 bits per heavy atom. The van der Waals surface area contributed by atoms with Crippen LogP contribution in [0, 0.1) is 0 Å². The average molecular weight is 384 g/mol. The van der Waals surface area contributed by atoms with E-state index in [0.29, 0.717) is 38.4 Å². The third-order valence-electron chi connectivity index (χ3n) is 4.42. The highest BCUT2D eigenvalue weighted by atomic mass is 32.2. The number of nitrogens with one attached hydrogen (secondary N) is 1. The Bertz CT molecular complexity index is 700. The summed E-state index contributed by atoms with van der Waals surface area (Å²) >= 11 is 0. The number of carbonyl (C=O) groups is 1. The van der Waals surface area contributed by atoms with Gasteiger partial charge in [-0.1, -0.05) is 0 Å². The van der Waals surface area contributed by atoms with E-state index in [1.54, 1.807) is 25.3 Å². The summed E-state index contributed by atoms with van der Waals surface area (Å²) in [7, 11) is -0.320. The van der Waals surface area contributed by atoms with E-state index in [1.165, 1.54) is 11.4 Å². The molecule has 1 saturated heterocycles. The predicted molar refractivity (Wildman–Crippen MR) is 98.8 cm³/mol. The number of amides is 1. The van der Waals surface area contributed by atoms with E-state index in [2.05, 4.69) is 5.32 Å². The molecular formula is C18H28N2O5S. The highest BCUT2D eigenvalue weighted by molar-refractivity contribution is 7.89. The number of hydrogen-bond donors (Lipinski definition) is 1. The smallest absolute Gasteiger partial charge is 0.243 e. The second-order valence-electron chi connectivity index (χ2n) is 6.28. The van der Waals surface area contributed by atoms with E-state index in [-0.39, 0.29) is 17.2 Å². The highest BCUT2D eigenvalue weighted by Gasteiger charge is 2.27. The fraction of sp³-hybridized carbons (Fsp3) is 0.611. The molecule has 0 saturated carbocycles. The molecule has 146 valence electrons. The molecule has 0 unspecified atom stereocenters. The maximum Gasteiger partial charge on any atom is 0.243 e. The maximum atomic E-state index is 12.7. The lowest BCUT2D eigenvalue weighted by atomic mass is 10.1. The summed E-state index contributed by atoms with van der Waals surface area (Å²) in [6.45, 7) is 2.29. The minimum atomic E-state index is -3.48. The van der Waals surface area contributed by atoms with Crippen LogP contribution in [-0.2, 0) is 26.0 Å². The Hall–Kier alpha value is -1.64. The van der Waals surface area contributed by atoms with Gasteiger partial charge in [0.15, 0.2) is 0 Å². The van der Waals surface area contributed by atoms with Crippen molar-refractivity contribution in [3.63, 3.8) is 0 Å². The van der Waals surface area contributed by atoms with Crippen molar-refractivity contribution in [3.8, 4) is 5.75 Å². The number of hydrogen-bond acceptors (Lipinski definition) is 5. The topological polar surface area (TPSA) is 84.9 Å². The third kappa shape index (κ3) is 5.43. The zero-order chi connectivity index (χ0) is 19.0. The van der Waals surface area contributed by atoms with E-state index < -0.39 is 10.0 Å². The Balaban J connectivity index is 2.04. The fourth-order valence-electron chi connectivity index (χ4n) is 2.97. The molecule has 0 aromatic heterocycles. The monoisotopic (exact) mass is 384 g/mol. The van der Waals surface area contributed by atoms with Gasteiger partial charge in [0, 0.05) is 39.8 Å². The van der Waals surface area contributed by atoms with E-state index in [1.807, 2.05) is 0 Å². The van der Waals surface area contributed by atoms with E-state index in [4.69, 9.17) is 9.47 Å². The number of benzene rings is 1. The van der Waals surface area contributed by atoms with Crippen LogP contribution in [0.4, 0.5) is 0 Å². The number of sulfonamides is 1. The molecule has 2 rings (SSSR count). The summed E-state index contributed by atoms with van der Waals surface area (Å²) in [5, 5.41) is 2.83. The van der Waals surface area contributed by atoms with Gasteiger partial charge in [-0.05, 0) is 49.4 Å². The van der Waals surface area contributed by atoms with E-state index in [0.717, 1.165) is 24.8 Å². The van der Waals surface area contributed by atoms with Crippen molar-refractivity contribution in [2.75, 3.05) is 40.5 Å². The molecule has 1 N–H and O–H groups in total. The SMILES string of the molecule is COCCCNC(=O)CCc1cc(S(=O)(=O)N2CCCC2)ccc1OC. The number of methoxy groups -OCH3 is 2. The van der Waals surface area contributed by atoms with Gasteiger partial charge < -0.3 is 14.8 Å². The van der Waals surface area contributed by atoms with Crippen LogP contribution in [0.25, 0.3) is 0 Å². The van der Waals surface area contributed by atoms with E-state index in [9.17, 15) is 13.2 Å². The molecular weight excluding hydrogens is 356 g/mol. The van der Waals surface area contributed by atoms with Crippen molar-refractivity contribution in [3.05, 3.63) is 23.8 Å². The number of rotatable bonds is 10.